The molecule has 4 heteroatoms. The molecule has 1 atom stereocenters. The van der Waals surface area contributed by atoms with E-state index >= 15 is 0 Å². The number of hydrogen-bond donors (Lipinski definition) is 2. The van der Waals surface area contributed by atoms with E-state index in [0.29, 0.717) is 15.9 Å². The summed E-state index contributed by atoms with van der Waals surface area (Å²) in [7, 11) is 0. The van der Waals surface area contributed by atoms with Gasteiger partial charge in [-0.15, -0.1) is 0 Å². The number of nitrogens with one attached hydrogen (secondary N) is 1. The summed E-state index contributed by atoms with van der Waals surface area (Å²) in [5, 5.41) is 4.01. The maximum atomic E-state index is 6.23. The highest BCUT2D eigenvalue weighted by molar-refractivity contribution is 7.80. The lowest BCUT2D eigenvalue weighted by Crippen LogP contribution is -2.10. The number of hydrogen-bond acceptors (Lipinski definition) is 2. The summed E-state index contributed by atoms with van der Waals surface area (Å²) < 4.78 is 0. The van der Waals surface area contributed by atoms with Crippen LogP contribution >= 0.6 is 23.8 Å². The maximum absolute atomic E-state index is 6.23. The summed E-state index contributed by atoms with van der Waals surface area (Å²) in [5.41, 5.74) is 8.65. The predicted octanol–water partition coefficient (Wildman–Crippen LogP) is 4.58. The van der Waals surface area contributed by atoms with Crippen molar-refractivity contribution in [1.29, 1.82) is 0 Å². The van der Waals surface area contributed by atoms with Gasteiger partial charge in [0.05, 0.1) is 10.7 Å². The van der Waals surface area contributed by atoms with Crippen molar-refractivity contribution in [2.24, 2.45) is 5.73 Å². The minimum Gasteiger partial charge on any atom is -0.389 e. The van der Waals surface area contributed by atoms with Crippen molar-refractivity contribution < 1.29 is 0 Å². The van der Waals surface area contributed by atoms with Gasteiger partial charge in [0.2, 0.25) is 0 Å². The second-order valence-corrected chi connectivity index (χ2v) is 5.93. The smallest absolute Gasteiger partial charge is 0.104 e. The van der Waals surface area contributed by atoms with Crippen LogP contribution < -0.4 is 11.1 Å². The highest BCUT2D eigenvalue weighted by Crippen LogP contribution is 2.24. The Bertz CT molecular complexity index is 613. The van der Waals surface area contributed by atoms with Crippen molar-refractivity contribution in [3.05, 3.63) is 64.7 Å². The summed E-state index contributed by atoms with van der Waals surface area (Å²) >= 11 is 11.2. The molecule has 0 aliphatic carbocycles. The zero-order valence-electron chi connectivity index (χ0n) is 12.0. The first kappa shape index (κ1) is 15.8. The fraction of sp³-hybridized carbons (Fsp3) is 0.235. The molecule has 1 unspecified atom stereocenters. The van der Waals surface area contributed by atoms with E-state index in [1.807, 2.05) is 18.2 Å². The molecular formula is C17H19ClN2S. The lowest BCUT2D eigenvalue weighted by molar-refractivity contribution is 0.706. The van der Waals surface area contributed by atoms with Gasteiger partial charge in [-0.05, 0) is 36.1 Å². The van der Waals surface area contributed by atoms with Gasteiger partial charge < -0.3 is 11.1 Å². The van der Waals surface area contributed by atoms with E-state index in [2.05, 4.69) is 36.5 Å². The van der Waals surface area contributed by atoms with Crippen LogP contribution in [0.1, 0.15) is 30.4 Å². The van der Waals surface area contributed by atoms with Crippen LogP contribution in [0.15, 0.2) is 48.5 Å². The Kier molecular flexibility index (Phi) is 5.59. The molecule has 2 aromatic carbocycles. The van der Waals surface area contributed by atoms with Gasteiger partial charge in [-0.2, -0.15) is 0 Å². The second-order valence-electron chi connectivity index (χ2n) is 5.09. The second kappa shape index (κ2) is 7.43. The fourth-order valence-corrected chi connectivity index (χ4v) is 2.56. The van der Waals surface area contributed by atoms with Crippen LogP contribution in [0.2, 0.25) is 5.02 Å². The molecule has 0 radical (unpaired) electrons. The average Bonchev–Trinajstić information content (AvgIpc) is 2.49. The number of halogens is 1. The first-order chi connectivity index (χ1) is 10.1. The normalized spacial score (nSPS) is 11.9. The molecule has 21 heavy (non-hydrogen) atoms. The van der Waals surface area contributed by atoms with Crippen LogP contribution in [0.3, 0.4) is 0 Å². The molecule has 2 aromatic rings. The van der Waals surface area contributed by atoms with Crippen LogP contribution in [0.4, 0.5) is 5.69 Å². The summed E-state index contributed by atoms with van der Waals surface area (Å²) in [6.45, 7) is 3.09. The molecule has 0 saturated heterocycles. The Balaban J connectivity index is 1.90. The van der Waals surface area contributed by atoms with Crippen LogP contribution in [0.25, 0.3) is 0 Å². The molecule has 0 amide bonds. The van der Waals surface area contributed by atoms with Gasteiger partial charge in [0.15, 0.2) is 0 Å². The highest BCUT2D eigenvalue weighted by atomic mass is 35.5. The van der Waals surface area contributed by atoms with Gasteiger partial charge in [-0.25, -0.2) is 0 Å². The molecule has 0 aliphatic rings. The van der Waals surface area contributed by atoms with Gasteiger partial charge in [0.25, 0.3) is 0 Å². The largest absolute Gasteiger partial charge is 0.389 e. The van der Waals surface area contributed by atoms with E-state index in [1.54, 1.807) is 6.07 Å². The Hall–Kier alpha value is -1.58. The Morgan fingerprint density at radius 2 is 1.95 bits per heavy atom. The van der Waals surface area contributed by atoms with Crippen molar-refractivity contribution >= 4 is 34.5 Å². The number of anilines is 1. The highest BCUT2D eigenvalue weighted by Gasteiger charge is 2.06. The van der Waals surface area contributed by atoms with E-state index in [4.69, 9.17) is 29.6 Å². The van der Waals surface area contributed by atoms with E-state index in [9.17, 15) is 0 Å². The number of benzene rings is 2. The first-order valence-electron chi connectivity index (χ1n) is 6.96. The third kappa shape index (κ3) is 4.45. The van der Waals surface area contributed by atoms with Crippen molar-refractivity contribution in [3.63, 3.8) is 0 Å². The van der Waals surface area contributed by atoms with Gasteiger partial charge in [0.1, 0.15) is 4.99 Å². The van der Waals surface area contributed by atoms with E-state index in [0.717, 1.165) is 24.2 Å². The Morgan fingerprint density at radius 3 is 2.57 bits per heavy atom. The fourth-order valence-electron chi connectivity index (χ4n) is 2.18. The van der Waals surface area contributed by atoms with E-state index < -0.39 is 0 Å². The van der Waals surface area contributed by atoms with Crippen molar-refractivity contribution in [2.45, 2.75) is 19.3 Å². The Labute approximate surface area is 136 Å². The number of thiocarbonyl (C=S) groups is 1. The third-order valence-corrected chi connectivity index (χ3v) is 4.06. The van der Waals surface area contributed by atoms with E-state index in [1.165, 1.54) is 5.56 Å². The van der Waals surface area contributed by atoms with Gasteiger partial charge in [-0.3, -0.25) is 0 Å². The SMILES string of the molecule is CC(CCNc1ccc(C(N)=S)cc1Cl)c1ccccc1. The standard InChI is InChI=1S/C17H19ClN2S/c1-12(13-5-3-2-4-6-13)9-10-20-16-8-7-14(17(19)21)11-15(16)18/h2-8,11-12,20H,9-10H2,1H3,(H2,19,21). The van der Waals surface area contributed by atoms with Crippen LogP contribution in [-0.4, -0.2) is 11.5 Å². The Morgan fingerprint density at radius 1 is 1.24 bits per heavy atom. The van der Waals surface area contributed by atoms with Crippen LogP contribution in [0, 0.1) is 0 Å². The zero-order chi connectivity index (χ0) is 15.2. The summed E-state index contributed by atoms with van der Waals surface area (Å²) in [4.78, 5) is 0.362. The summed E-state index contributed by atoms with van der Waals surface area (Å²) in [5.74, 6) is 0.508. The van der Waals surface area contributed by atoms with Crippen molar-refractivity contribution in [1.82, 2.24) is 0 Å². The number of nitrogens with two attached hydrogens (primary N) is 1. The molecule has 0 heterocycles. The molecule has 0 saturated carbocycles. The summed E-state index contributed by atoms with van der Waals surface area (Å²) in [6, 6.07) is 16.1. The van der Waals surface area contributed by atoms with Gasteiger partial charge in [0, 0.05) is 12.1 Å². The minimum absolute atomic E-state index is 0.362. The molecule has 0 fully saturated rings. The summed E-state index contributed by atoms with van der Waals surface area (Å²) in [6.07, 6.45) is 1.04. The van der Waals surface area contributed by atoms with Crippen molar-refractivity contribution in [3.8, 4) is 0 Å². The average molecular weight is 319 g/mol. The van der Waals surface area contributed by atoms with Crippen LogP contribution in [0.5, 0.6) is 0 Å². The topological polar surface area (TPSA) is 38.0 Å². The third-order valence-electron chi connectivity index (χ3n) is 3.52. The predicted molar refractivity (Wildman–Crippen MR) is 95.3 cm³/mol. The quantitative estimate of drug-likeness (QED) is 0.766. The van der Waals surface area contributed by atoms with Gasteiger partial charge in [-0.1, -0.05) is 61.1 Å². The first-order valence-corrected chi connectivity index (χ1v) is 7.74. The molecule has 0 aromatic heterocycles. The molecule has 0 spiro atoms. The monoisotopic (exact) mass is 318 g/mol. The zero-order valence-corrected chi connectivity index (χ0v) is 13.5. The molecule has 0 bridgehead atoms. The maximum Gasteiger partial charge on any atom is 0.104 e. The molecule has 0 aliphatic heterocycles. The van der Waals surface area contributed by atoms with Gasteiger partial charge >= 0.3 is 0 Å². The van der Waals surface area contributed by atoms with E-state index in [-0.39, 0.29) is 0 Å². The lowest BCUT2D eigenvalue weighted by atomic mass is 9.98. The lowest BCUT2D eigenvalue weighted by Gasteiger charge is -2.14. The number of rotatable bonds is 6. The molecule has 110 valence electrons. The molecule has 3 N–H and O–H groups in total. The molecular weight excluding hydrogens is 300 g/mol. The van der Waals surface area contributed by atoms with Crippen LogP contribution in [-0.2, 0) is 0 Å². The van der Waals surface area contributed by atoms with Crippen molar-refractivity contribution in [2.75, 3.05) is 11.9 Å². The molecule has 2 rings (SSSR count). The molecule has 2 nitrogen and oxygen atoms in total. The minimum atomic E-state index is 0.362.